The van der Waals surface area contributed by atoms with Crippen molar-refractivity contribution >= 4 is 11.4 Å². The summed E-state index contributed by atoms with van der Waals surface area (Å²) in [6.07, 6.45) is 0. The second-order valence-electron chi connectivity index (χ2n) is 0.217. The van der Waals surface area contributed by atoms with E-state index in [1.807, 2.05) is 0 Å². The van der Waals surface area contributed by atoms with Crippen molar-refractivity contribution in [2.45, 2.75) is 0 Å². The Labute approximate surface area is 82.6 Å². The second kappa shape index (κ2) is 10.1. The van der Waals surface area contributed by atoms with Crippen LogP contribution in [0.25, 0.3) is 0 Å². The van der Waals surface area contributed by atoms with E-state index in [1.54, 1.807) is 0 Å². The van der Waals surface area contributed by atoms with Crippen LogP contribution in [0.5, 0.6) is 0 Å². The molecule has 1 atom stereocenters. The van der Waals surface area contributed by atoms with Gasteiger partial charge >= 0.3 is 59.1 Å². The Morgan fingerprint density at radius 2 is 1.50 bits per heavy atom. The molecular formula is HNa2O3S+. The van der Waals surface area contributed by atoms with Gasteiger partial charge in [-0.15, -0.1) is 0 Å². The molecular weight excluding hydrogens is 126 g/mol. The SMILES string of the molecule is O=S([O-])O.[Na+].[Na+]. The van der Waals surface area contributed by atoms with Crippen LogP contribution >= 0.6 is 0 Å². The van der Waals surface area contributed by atoms with Gasteiger partial charge in [-0.25, -0.2) is 4.21 Å². The summed E-state index contributed by atoms with van der Waals surface area (Å²) in [7, 11) is 0. The summed E-state index contributed by atoms with van der Waals surface area (Å²) >= 11 is -2.86. The van der Waals surface area contributed by atoms with E-state index >= 15 is 0 Å². The molecule has 3 nitrogen and oxygen atoms in total. The maximum atomic E-state index is 8.56. The number of hydrogen-bond donors (Lipinski definition) is 1. The third kappa shape index (κ3) is 36.4. The molecule has 0 spiro atoms. The van der Waals surface area contributed by atoms with Gasteiger partial charge in [0, 0.05) is 0 Å². The summed E-state index contributed by atoms with van der Waals surface area (Å²) in [5, 5.41) is 0. The molecule has 0 aliphatic rings. The van der Waals surface area contributed by atoms with Crippen LogP contribution < -0.4 is 59.1 Å². The van der Waals surface area contributed by atoms with E-state index in [4.69, 9.17) is 13.3 Å². The molecule has 1 N–H and O–H groups in total. The molecule has 0 bridgehead atoms. The molecule has 26 valence electrons. The molecule has 0 aromatic carbocycles. The summed E-state index contributed by atoms with van der Waals surface area (Å²) in [6, 6.07) is 0. The topological polar surface area (TPSA) is 60.4 Å². The minimum Gasteiger partial charge on any atom is -0.750 e. The van der Waals surface area contributed by atoms with Crippen molar-refractivity contribution in [3.8, 4) is 0 Å². The number of hydrogen-bond acceptors (Lipinski definition) is 2. The maximum Gasteiger partial charge on any atom is 1.00 e. The van der Waals surface area contributed by atoms with Gasteiger partial charge in [0.15, 0.2) is 0 Å². The first-order chi connectivity index (χ1) is 1.73. The Morgan fingerprint density at radius 1 is 1.50 bits per heavy atom. The van der Waals surface area contributed by atoms with Crippen molar-refractivity contribution in [2.75, 3.05) is 0 Å². The summed E-state index contributed by atoms with van der Waals surface area (Å²) in [5.41, 5.74) is 0. The van der Waals surface area contributed by atoms with Gasteiger partial charge in [0.25, 0.3) is 0 Å². The van der Waals surface area contributed by atoms with Gasteiger partial charge in [-0.3, -0.25) is 0 Å². The van der Waals surface area contributed by atoms with E-state index < -0.39 is 11.4 Å². The van der Waals surface area contributed by atoms with Gasteiger partial charge in [0.1, 0.15) is 0 Å². The van der Waals surface area contributed by atoms with E-state index in [9.17, 15) is 0 Å². The molecule has 0 amide bonds. The van der Waals surface area contributed by atoms with E-state index in [0.717, 1.165) is 0 Å². The van der Waals surface area contributed by atoms with E-state index in [-0.39, 0.29) is 59.1 Å². The Kier molecular flexibility index (Phi) is 26.5. The monoisotopic (exact) mass is 127 g/mol. The zero-order valence-electron chi connectivity index (χ0n) is 3.67. The van der Waals surface area contributed by atoms with Crippen molar-refractivity contribution in [2.24, 2.45) is 0 Å². The molecule has 0 fully saturated rings. The summed E-state index contributed by atoms with van der Waals surface area (Å²) in [4.78, 5) is 0. The minimum absolute atomic E-state index is 0. The van der Waals surface area contributed by atoms with Crippen molar-refractivity contribution in [3.05, 3.63) is 0 Å². The van der Waals surface area contributed by atoms with Crippen molar-refractivity contribution in [1.82, 2.24) is 0 Å². The molecule has 0 rings (SSSR count). The van der Waals surface area contributed by atoms with Crippen LogP contribution in [0.3, 0.4) is 0 Å². The Morgan fingerprint density at radius 3 is 1.50 bits per heavy atom. The third-order valence-electron chi connectivity index (χ3n) is 0. The fraction of sp³-hybridized carbons (Fsp3) is 0. The molecule has 0 aliphatic carbocycles. The summed E-state index contributed by atoms with van der Waals surface area (Å²) < 4.78 is 24.1. The Balaban J connectivity index is -0.0000000450. The average molecular weight is 127 g/mol. The van der Waals surface area contributed by atoms with Crippen LogP contribution in [0.1, 0.15) is 0 Å². The van der Waals surface area contributed by atoms with E-state index in [1.165, 1.54) is 0 Å². The zero-order chi connectivity index (χ0) is 3.58. The second-order valence-corrected chi connectivity index (χ2v) is 0.651. The molecule has 0 saturated heterocycles. The maximum absolute atomic E-state index is 8.56. The van der Waals surface area contributed by atoms with Crippen LogP contribution in [-0.4, -0.2) is 13.3 Å². The molecule has 6 heteroatoms. The van der Waals surface area contributed by atoms with Gasteiger partial charge in [0.05, 0.1) is 11.4 Å². The van der Waals surface area contributed by atoms with Crippen LogP contribution in [0.2, 0.25) is 0 Å². The summed E-state index contributed by atoms with van der Waals surface area (Å²) in [5.74, 6) is 0. The van der Waals surface area contributed by atoms with Gasteiger partial charge in [-0.05, 0) is 0 Å². The van der Waals surface area contributed by atoms with Crippen molar-refractivity contribution in [1.29, 1.82) is 0 Å². The molecule has 1 unspecified atom stereocenters. The summed E-state index contributed by atoms with van der Waals surface area (Å²) in [6.45, 7) is 0. The van der Waals surface area contributed by atoms with Gasteiger partial charge in [-0.2, -0.15) is 0 Å². The molecule has 0 aliphatic heterocycles. The normalized spacial score (nSPS) is 10.3. The van der Waals surface area contributed by atoms with Gasteiger partial charge in [0.2, 0.25) is 0 Å². The quantitative estimate of drug-likeness (QED) is 0.260. The Hall–Kier alpha value is 2.07. The van der Waals surface area contributed by atoms with Crippen molar-refractivity contribution < 1.29 is 72.4 Å². The molecule has 0 aromatic rings. The predicted molar refractivity (Wildman–Crippen MR) is 11.5 cm³/mol. The number of rotatable bonds is 0. The van der Waals surface area contributed by atoms with Gasteiger partial charge < -0.3 is 9.11 Å². The average Bonchev–Trinajstić information content (AvgIpc) is 0.811. The first-order valence-corrected chi connectivity index (χ1v) is 1.55. The van der Waals surface area contributed by atoms with Crippen LogP contribution in [0, 0.1) is 0 Å². The standard InChI is InChI=1S/2Na.H2O3S/c;;1-4(2)3/h;;(H2,1,2,3)/q2*+1;/p-1. The molecule has 0 aromatic heterocycles. The first kappa shape index (κ1) is 15.7. The van der Waals surface area contributed by atoms with Crippen LogP contribution in [0.4, 0.5) is 0 Å². The molecule has 0 heterocycles. The molecule has 0 saturated carbocycles. The smallest absolute Gasteiger partial charge is 0.750 e. The van der Waals surface area contributed by atoms with Crippen molar-refractivity contribution in [3.63, 3.8) is 0 Å². The van der Waals surface area contributed by atoms with Crippen LogP contribution in [-0.2, 0) is 11.4 Å². The fourth-order valence-corrected chi connectivity index (χ4v) is 0. The van der Waals surface area contributed by atoms with E-state index in [0.29, 0.717) is 0 Å². The Bertz CT molecular complexity index is 31.8. The predicted octanol–water partition coefficient (Wildman–Crippen LogP) is -6.65. The van der Waals surface area contributed by atoms with E-state index in [2.05, 4.69) is 0 Å². The molecule has 0 radical (unpaired) electrons. The first-order valence-electron chi connectivity index (χ1n) is 0.516. The van der Waals surface area contributed by atoms with Gasteiger partial charge in [-0.1, -0.05) is 0 Å². The largest absolute Gasteiger partial charge is 1.00 e. The minimum atomic E-state index is -2.86. The third-order valence-corrected chi connectivity index (χ3v) is 0. The fourth-order valence-electron chi connectivity index (χ4n) is 0. The molecule has 6 heavy (non-hydrogen) atoms. The zero-order valence-corrected chi connectivity index (χ0v) is 8.49. The van der Waals surface area contributed by atoms with Crippen LogP contribution in [0.15, 0.2) is 0 Å².